The van der Waals surface area contributed by atoms with Gasteiger partial charge in [-0.25, -0.2) is 0 Å². The molecular weight excluding hydrogens is 334 g/mol. The fourth-order valence-corrected chi connectivity index (χ4v) is 3.91. The van der Waals surface area contributed by atoms with Crippen molar-refractivity contribution in [2.45, 2.75) is 25.7 Å². The lowest BCUT2D eigenvalue weighted by molar-refractivity contribution is 0.0808. The minimum atomic E-state index is -1.10. The Labute approximate surface area is 158 Å². The van der Waals surface area contributed by atoms with Crippen LogP contribution in [0, 0.1) is 16.7 Å². The van der Waals surface area contributed by atoms with Crippen LogP contribution in [0.5, 0.6) is 0 Å². The molecule has 1 aliphatic carbocycles. The van der Waals surface area contributed by atoms with Gasteiger partial charge in [-0.1, -0.05) is 60.7 Å². The molecule has 3 nitrogen and oxygen atoms in total. The van der Waals surface area contributed by atoms with E-state index in [4.69, 9.17) is 0 Å². The number of hydrogen-bond acceptors (Lipinski definition) is 3. The third-order valence-corrected chi connectivity index (χ3v) is 5.58. The highest BCUT2D eigenvalue weighted by atomic mass is 16.1. The van der Waals surface area contributed by atoms with Crippen LogP contribution in [0.1, 0.15) is 45.5 Å². The zero-order valence-corrected chi connectivity index (χ0v) is 14.9. The van der Waals surface area contributed by atoms with Gasteiger partial charge in [0, 0.05) is 17.5 Å². The average molecular weight is 353 g/mol. The highest BCUT2D eigenvalue weighted by Gasteiger charge is 2.42. The average Bonchev–Trinajstić information content (AvgIpc) is 2.73. The number of carbonyl (C=O) groups excluding carboxylic acids is 2. The fourth-order valence-electron chi connectivity index (χ4n) is 3.91. The van der Waals surface area contributed by atoms with E-state index < -0.39 is 5.41 Å². The predicted octanol–water partition coefficient (Wildman–Crippen LogP) is 5.14. The third kappa shape index (κ3) is 3.04. The molecular formula is C24H19NO2. The lowest BCUT2D eigenvalue weighted by Crippen LogP contribution is -2.35. The van der Waals surface area contributed by atoms with Crippen molar-refractivity contribution in [2.24, 2.45) is 5.41 Å². The second-order valence-electron chi connectivity index (χ2n) is 7.17. The molecule has 0 aromatic heterocycles. The maximum atomic E-state index is 13.0. The smallest absolute Gasteiger partial charge is 0.183 e. The summed E-state index contributed by atoms with van der Waals surface area (Å²) < 4.78 is 0. The number of carbonyl (C=O) groups is 2. The van der Waals surface area contributed by atoms with Gasteiger partial charge in [0.1, 0.15) is 5.41 Å². The van der Waals surface area contributed by atoms with Gasteiger partial charge in [0.15, 0.2) is 11.6 Å². The predicted molar refractivity (Wildman–Crippen MR) is 105 cm³/mol. The minimum absolute atomic E-state index is 0.0259. The van der Waals surface area contributed by atoms with Gasteiger partial charge in [-0.15, -0.1) is 0 Å². The van der Waals surface area contributed by atoms with E-state index in [1.807, 2.05) is 60.7 Å². The highest BCUT2D eigenvalue weighted by molar-refractivity contribution is 6.05. The van der Waals surface area contributed by atoms with Crippen LogP contribution in [0.2, 0.25) is 0 Å². The number of hydrogen-bond donors (Lipinski definition) is 0. The number of benzene rings is 3. The molecule has 132 valence electrons. The normalized spacial score (nSPS) is 18.7. The van der Waals surface area contributed by atoms with Crippen molar-refractivity contribution in [1.29, 1.82) is 5.26 Å². The van der Waals surface area contributed by atoms with Crippen molar-refractivity contribution in [3.63, 3.8) is 0 Å². The lowest BCUT2D eigenvalue weighted by atomic mass is 9.68. The van der Waals surface area contributed by atoms with E-state index in [0.717, 1.165) is 16.3 Å². The van der Waals surface area contributed by atoms with E-state index >= 15 is 0 Å². The van der Waals surface area contributed by atoms with Gasteiger partial charge in [-0.3, -0.25) is 9.59 Å². The molecule has 3 heteroatoms. The summed E-state index contributed by atoms with van der Waals surface area (Å²) in [7, 11) is 0. The van der Waals surface area contributed by atoms with Crippen molar-refractivity contribution >= 4 is 22.3 Å². The quantitative estimate of drug-likeness (QED) is 0.610. The fraction of sp³-hybridized carbons (Fsp3) is 0.208. The van der Waals surface area contributed by atoms with Crippen LogP contribution in [0.4, 0.5) is 0 Å². The van der Waals surface area contributed by atoms with E-state index in [9.17, 15) is 14.9 Å². The molecule has 0 amide bonds. The van der Waals surface area contributed by atoms with Crippen LogP contribution in [-0.4, -0.2) is 11.6 Å². The lowest BCUT2D eigenvalue weighted by Gasteiger charge is -2.30. The first-order valence-corrected chi connectivity index (χ1v) is 9.19. The van der Waals surface area contributed by atoms with E-state index in [2.05, 4.69) is 6.07 Å². The molecule has 0 heterocycles. The Bertz CT molecular complexity index is 1090. The SMILES string of the molecule is N#C[C@]1(CCC(=O)c2ccc3ccccc3c2)CCc2ccccc2C1=O. The summed E-state index contributed by atoms with van der Waals surface area (Å²) in [5, 5.41) is 11.9. The first-order valence-electron chi connectivity index (χ1n) is 9.19. The Morgan fingerprint density at radius 1 is 1.00 bits per heavy atom. The maximum absolute atomic E-state index is 13.0. The number of nitrogens with zero attached hydrogens (tertiary/aromatic N) is 1. The third-order valence-electron chi connectivity index (χ3n) is 5.58. The second kappa shape index (κ2) is 6.81. The Kier molecular flexibility index (Phi) is 4.33. The second-order valence-corrected chi connectivity index (χ2v) is 7.17. The number of aryl methyl sites for hydroxylation is 1. The van der Waals surface area contributed by atoms with E-state index in [-0.39, 0.29) is 24.4 Å². The molecule has 4 rings (SSSR count). The number of ketones is 2. The Hall–Kier alpha value is -3.25. The molecule has 0 N–H and O–H groups in total. The first-order chi connectivity index (χ1) is 13.1. The summed E-state index contributed by atoms with van der Waals surface area (Å²) >= 11 is 0. The van der Waals surface area contributed by atoms with Crippen molar-refractivity contribution < 1.29 is 9.59 Å². The van der Waals surface area contributed by atoms with Gasteiger partial charge in [0.2, 0.25) is 0 Å². The molecule has 0 aliphatic heterocycles. The molecule has 0 bridgehead atoms. The van der Waals surface area contributed by atoms with Gasteiger partial charge >= 0.3 is 0 Å². The molecule has 3 aromatic carbocycles. The van der Waals surface area contributed by atoms with Crippen LogP contribution in [0.15, 0.2) is 66.7 Å². The molecule has 0 saturated heterocycles. The largest absolute Gasteiger partial charge is 0.294 e. The molecule has 0 fully saturated rings. The molecule has 1 aliphatic rings. The van der Waals surface area contributed by atoms with Gasteiger partial charge in [-0.05, 0) is 41.7 Å². The monoisotopic (exact) mass is 353 g/mol. The summed E-state index contributed by atoms with van der Waals surface area (Å²) in [4.78, 5) is 25.7. The number of rotatable bonds is 4. The number of nitriles is 1. The number of fused-ring (bicyclic) bond motifs is 2. The van der Waals surface area contributed by atoms with Crippen LogP contribution < -0.4 is 0 Å². The van der Waals surface area contributed by atoms with Crippen LogP contribution in [0.25, 0.3) is 10.8 Å². The van der Waals surface area contributed by atoms with Crippen LogP contribution in [-0.2, 0) is 6.42 Å². The Balaban J connectivity index is 1.55. The molecule has 0 radical (unpaired) electrons. The zero-order valence-electron chi connectivity index (χ0n) is 14.9. The zero-order chi connectivity index (χ0) is 18.9. The van der Waals surface area contributed by atoms with Gasteiger partial charge in [0.05, 0.1) is 6.07 Å². The van der Waals surface area contributed by atoms with Crippen LogP contribution >= 0.6 is 0 Å². The summed E-state index contributed by atoms with van der Waals surface area (Å²) in [5.74, 6) is -0.166. The van der Waals surface area contributed by atoms with Crippen LogP contribution in [0.3, 0.4) is 0 Å². The Morgan fingerprint density at radius 3 is 2.56 bits per heavy atom. The van der Waals surface area contributed by atoms with E-state index in [1.165, 1.54) is 0 Å². The van der Waals surface area contributed by atoms with Gasteiger partial charge in [-0.2, -0.15) is 5.26 Å². The molecule has 27 heavy (non-hydrogen) atoms. The first kappa shape index (κ1) is 17.2. The summed E-state index contributed by atoms with van der Waals surface area (Å²) in [6.45, 7) is 0. The molecule has 0 saturated carbocycles. The van der Waals surface area contributed by atoms with Crippen molar-refractivity contribution in [1.82, 2.24) is 0 Å². The summed E-state index contributed by atoms with van der Waals surface area (Å²) in [6, 6.07) is 23.2. The van der Waals surface area contributed by atoms with Gasteiger partial charge in [0.25, 0.3) is 0 Å². The standard InChI is InChI=1S/C24H19NO2/c25-16-24(13-11-18-6-3-4-8-21(18)23(24)27)14-12-22(26)20-10-9-17-5-1-2-7-19(17)15-20/h1-10,15H,11-14H2/t24-/m1/s1. The maximum Gasteiger partial charge on any atom is 0.183 e. The molecule has 0 unspecified atom stereocenters. The Morgan fingerprint density at radius 2 is 1.74 bits per heavy atom. The molecule has 0 spiro atoms. The number of Topliss-reactive ketones (excluding diaryl/α,β-unsaturated/α-hetero) is 2. The topological polar surface area (TPSA) is 57.9 Å². The van der Waals surface area contributed by atoms with Crippen molar-refractivity contribution in [2.75, 3.05) is 0 Å². The van der Waals surface area contributed by atoms with Crippen molar-refractivity contribution in [3.05, 3.63) is 83.4 Å². The molecule has 1 atom stereocenters. The molecule has 3 aromatic rings. The summed E-state index contributed by atoms with van der Waals surface area (Å²) in [6.07, 6.45) is 1.63. The highest BCUT2D eigenvalue weighted by Crippen LogP contribution is 2.39. The van der Waals surface area contributed by atoms with Crippen molar-refractivity contribution in [3.8, 4) is 6.07 Å². The van der Waals surface area contributed by atoms with Gasteiger partial charge < -0.3 is 0 Å². The van der Waals surface area contributed by atoms with E-state index in [1.54, 1.807) is 6.07 Å². The summed E-state index contributed by atoms with van der Waals surface area (Å²) in [5.41, 5.74) is 1.16. The minimum Gasteiger partial charge on any atom is -0.294 e. The van der Waals surface area contributed by atoms with E-state index in [0.29, 0.717) is 24.0 Å².